The van der Waals surface area contributed by atoms with Crippen molar-refractivity contribution in [2.75, 3.05) is 0 Å². The predicted octanol–water partition coefficient (Wildman–Crippen LogP) is 2.78. The van der Waals surface area contributed by atoms with Crippen LogP contribution in [0.25, 0.3) is 0 Å². The fourth-order valence-electron chi connectivity index (χ4n) is 3.45. The molecule has 4 rings (SSSR count). The van der Waals surface area contributed by atoms with Crippen LogP contribution in [0.3, 0.4) is 0 Å². The molecule has 0 aromatic heterocycles. The fraction of sp³-hybridized carbons (Fsp3) is 0.190. The molecule has 130 valence electrons. The number of Topliss-reactive ketones (excluding diaryl/α,β-unsaturated/α-hetero) is 1. The first-order chi connectivity index (χ1) is 12.6. The number of ether oxygens (including phenoxy) is 1. The monoisotopic (exact) mass is 347 g/mol. The van der Waals surface area contributed by atoms with E-state index >= 15 is 0 Å². The zero-order valence-electron chi connectivity index (χ0n) is 14.2. The molecule has 5 heteroatoms. The number of ketones is 1. The minimum Gasteiger partial charge on any atom is -0.448 e. The minimum atomic E-state index is -0.649. The molecule has 2 aromatic carbocycles. The number of amides is 1. The molecule has 0 saturated carbocycles. The van der Waals surface area contributed by atoms with Crippen LogP contribution in [0.5, 0.6) is 0 Å². The van der Waals surface area contributed by atoms with Crippen LogP contribution in [0.1, 0.15) is 30.6 Å². The summed E-state index contributed by atoms with van der Waals surface area (Å²) in [5.41, 5.74) is 2.01. The number of nitrogens with zero attached hydrogens (tertiary/aromatic N) is 1. The standard InChI is InChI=1S/C21H17NO4/c1-13-18(22-16(19(13)24)12-17(22)23)21(25)26-20(14-8-4-2-5-9-14)15-10-6-3-7-11-15/h2-11,16,20H,12H2,1H3/t16-/m0/s1. The average molecular weight is 347 g/mol. The first kappa shape index (κ1) is 16.3. The Morgan fingerprint density at radius 3 is 2.04 bits per heavy atom. The molecule has 0 aliphatic carbocycles. The highest BCUT2D eigenvalue weighted by Crippen LogP contribution is 2.37. The van der Waals surface area contributed by atoms with E-state index in [1.165, 1.54) is 4.90 Å². The molecule has 1 amide bonds. The van der Waals surface area contributed by atoms with E-state index in [4.69, 9.17) is 4.74 Å². The first-order valence-electron chi connectivity index (χ1n) is 8.46. The third-order valence-electron chi connectivity index (χ3n) is 4.84. The Morgan fingerprint density at radius 2 is 1.54 bits per heavy atom. The van der Waals surface area contributed by atoms with Gasteiger partial charge in [-0.05, 0) is 18.1 Å². The van der Waals surface area contributed by atoms with E-state index in [-0.39, 0.29) is 23.8 Å². The van der Waals surface area contributed by atoms with Crippen LogP contribution in [0.4, 0.5) is 0 Å². The molecule has 0 spiro atoms. The smallest absolute Gasteiger partial charge is 0.356 e. The summed E-state index contributed by atoms with van der Waals surface area (Å²) in [6, 6.07) is 18.3. The number of hydrogen-bond donors (Lipinski definition) is 0. The van der Waals surface area contributed by atoms with Crippen molar-refractivity contribution in [3.8, 4) is 0 Å². The van der Waals surface area contributed by atoms with Gasteiger partial charge in [0.25, 0.3) is 0 Å². The normalized spacial score (nSPS) is 18.8. The molecule has 1 saturated heterocycles. The van der Waals surface area contributed by atoms with E-state index in [0.29, 0.717) is 5.57 Å². The Balaban J connectivity index is 1.67. The van der Waals surface area contributed by atoms with Crippen LogP contribution in [0.2, 0.25) is 0 Å². The summed E-state index contributed by atoms with van der Waals surface area (Å²) in [5, 5.41) is 0. The van der Waals surface area contributed by atoms with Crippen LogP contribution in [-0.2, 0) is 19.1 Å². The SMILES string of the molecule is CC1=C(C(=O)OC(c2ccccc2)c2ccccc2)N2C(=O)C[C@H]2C1=O. The van der Waals surface area contributed by atoms with Gasteiger partial charge in [0.15, 0.2) is 11.9 Å². The van der Waals surface area contributed by atoms with Crippen molar-refractivity contribution < 1.29 is 19.1 Å². The van der Waals surface area contributed by atoms with Gasteiger partial charge in [-0.25, -0.2) is 4.79 Å². The number of β-lactam (4-membered cyclic amide) rings is 1. The molecule has 0 unspecified atom stereocenters. The van der Waals surface area contributed by atoms with Gasteiger partial charge in [-0.3, -0.25) is 14.5 Å². The summed E-state index contributed by atoms with van der Waals surface area (Å²) in [6.45, 7) is 1.57. The summed E-state index contributed by atoms with van der Waals surface area (Å²) in [6.07, 6.45) is -0.455. The van der Waals surface area contributed by atoms with Gasteiger partial charge in [-0.15, -0.1) is 0 Å². The number of carbonyl (C=O) groups excluding carboxylic acids is 3. The molecule has 26 heavy (non-hydrogen) atoms. The molecule has 0 radical (unpaired) electrons. The lowest BCUT2D eigenvalue weighted by atomic mass is 10.0. The lowest BCUT2D eigenvalue weighted by Crippen LogP contribution is -2.52. The molecule has 0 bridgehead atoms. The van der Waals surface area contributed by atoms with Crippen molar-refractivity contribution in [1.29, 1.82) is 0 Å². The lowest BCUT2D eigenvalue weighted by molar-refractivity contribution is -0.153. The van der Waals surface area contributed by atoms with E-state index in [0.717, 1.165) is 11.1 Å². The van der Waals surface area contributed by atoms with Crippen LogP contribution >= 0.6 is 0 Å². The number of benzene rings is 2. The number of esters is 1. The molecule has 5 nitrogen and oxygen atoms in total. The molecule has 1 fully saturated rings. The molecule has 2 aromatic rings. The Morgan fingerprint density at radius 1 is 1.00 bits per heavy atom. The summed E-state index contributed by atoms with van der Waals surface area (Å²) in [7, 11) is 0. The highest BCUT2D eigenvalue weighted by molar-refractivity contribution is 6.17. The molecule has 2 heterocycles. The third-order valence-corrected chi connectivity index (χ3v) is 4.84. The van der Waals surface area contributed by atoms with Gasteiger partial charge < -0.3 is 4.74 Å². The zero-order valence-corrected chi connectivity index (χ0v) is 14.2. The van der Waals surface area contributed by atoms with E-state index in [1.54, 1.807) is 6.92 Å². The maximum atomic E-state index is 12.9. The Labute approximate surface area is 150 Å². The predicted molar refractivity (Wildman–Crippen MR) is 93.8 cm³/mol. The van der Waals surface area contributed by atoms with Crippen molar-refractivity contribution >= 4 is 17.7 Å². The molecule has 2 aliphatic rings. The van der Waals surface area contributed by atoms with Crippen LogP contribution in [-0.4, -0.2) is 28.6 Å². The van der Waals surface area contributed by atoms with Crippen molar-refractivity contribution in [2.24, 2.45) is 0 Å². The van der Waals surface area contributed by atoms with Crippen LogP contribution < -0.4 is 0 Å². The Hall–Kier alpha value is -3.21. The van der Waals surface area contributed by atoms with Gasteiger partial charge in [-0.2, -0.15) is 0 Å². The molecule has 1 atom stereocenters. The second-order valence-corrected chi connectivity index (χ2v) is 6.43. The number of rotatable bonds is 4. The van der Waals surface area contributed by atoms with Gasteiger partial charge in [0.2, 0.25) is 5.91 Å². The second kappa shape index (κ2) is 6.26. The lowest BCUT2D eigenvalue weighted by Gasteiger charge is -2.34. The van der Waals surface area contributed by atoms with Crippen molar-refractivity contribution in [1.82, 2.24) is 4.90 Å². The minimum absolute atomic E-state index is 0.0770. The van der Waals surface area contributed by atoms with Gasteiger partial charge >= 0.3 is 5.97 Å². The quantitative estimate of drug-likeness (QED) is 0.630. The zero-order chi connectivity index (χ0) is 18.3. The highest BCUT2D eigenvalue weighted by atomic mass is 16.5. The maximum absolute atomic E-state index is 12.9. The van der Waals surface area contributed by atoms with Gasteiger partial charge in [0.05, 0.1) is 6.42 Å². The summed E-state index contributed by atoms with van der Waals surface area (Å²) >= 11 is 0. The molecular weight excluding hydrogens is 330 g/mol. The van der Waals surface area contributed by atoms with E-state index in [9.17, 15) is 14.4 Å². The van der Waals surface area contributed by atoms with Gasteiger partial charge in [0, 0.05) is 5.57 Å². The van der Waals surface area contributed by atoms with E-state index in [1.807, 2.05) is 60.7 Å². The van der Waals surface area contributed by atoms with Crippen molar-refractivity contribution in [2.45, 2.75) is 25.5 Å². The van der Waals surface area contributed by atoms with E-state index < -0.39 is 18.1 Å². The molecular formula is C21H17NO4. The molecule has 2 aliphatic heterocycles. The largest absolute Gasteiger partial charge is 0.448 e. The van der Waals surface area contributed by atoms with Crippen molar-refractivity contribution in [3.63, 3.8) is 0 Å². The number of fused-ring (bicyclic) bond motifs is 1. The van der Waals surface area contributed by atoms with Gasteiger partial charge in [0.1, 0.15) is 11.7 Å². The summed E-state index contributed by atoms with van der Waals surface area (Å²) in [5.74, 6) is -1.04. The Kier molecular flexibility index (Phi) is 3.92. The summed E-state index contributed by atoms with van der Waals surface area (Å²) < 4.78 is 5.78. The topological polar surface area (TPSA) is 63.7 Å². The number of carbonyl (C=O) groups is 3. The van der Waals surface area contributed by atoms with E-state index in [2.05, 4.69) is 0 Å². The highest BCUT2D eigenvalue weighted by Gasteiger charge is 2.52. The molecule has 0 N–H and O–H groups in total. The third kappa shape index (κ3) is 2.52. The number of hydrogen-bond acceptors (Lipinski definition) is 4. The Bertz CT molecular complexity index is 878. The maximum Gasteiger partial charge on any atom is 0.356 e. The average Bonchev–Trinajstić information content (AvgIpc) is 2.88. The second-order valence-electron chi connectivity index (χ2n) is 6.43. The van der Waals surface area contributed by atoms with Gasteiger partial charge in [-0.1, -0.05) is 60.7 Å². The van der Waals surface area contributed by atoms with Crippen molar-refractivity contribution in [3.05, 3.63) is 83.1 Å². The van der Waals surface area contributed by atoms with Crippen LogP contribution in [0.15, 0.2) is 71.9 Å². The summed E-state index contributed by atoms with van der Waals surface area (Å²) in [4.78, 5) is 38.2. The van der Waals surface area contributed by atoms with Crippen LogP contribution in [0, 0.1) is 0 Å². The fourth-order valence-corrected chi connectivity index (χ4v) is 3.45. The first-order valence-corrected chi connectivity index (χ1v) is 8.46.